The van der Waals surface area contributed by atoms with E-state index >= 15 is 0 Å². The molecule has 0 aromatic carbocycles. The van der Waals surface area contributed by atoms with Crippen LogP contribution in [0.25, 0.3) is 0 Å². The van der Waals surface area contributed by atoms with E-state index in [1.165, 1.54) is 51.4 Å². The number of aliphatic hydroxyl groups is 1. The summed E-state index contributed by atoms with van der Waals surface area (Å²) in [4.78, 5) is 12.6. The van der Waals surface area contributed by atoms with Crippen molar-refractivity contribution in [1.82, 2.24) is 10.6 Å². The van der Waals surface area contributed by atoms with Crippen molar-refractivity contribution in [3.05, 3.63) is 0 Å². The Morgan fingerprint density at radius 3 is 2.65 bits per heavy atom. The van der Waals surface area contributed by atoms with Crippen molar-refractivity contribution in [1.29, 1.82) is 0 Å². The lowest BCUT2D eigenvalue weighted by Gasteiger charge is -2.31. The summed E-state index contributed by atoms with van der Waals surface area (Å²) in [7, 11) is 0. The molecule has 23 heavy (non-hydrogen) atoms. The number of amides is 1. The minimum absolute atomic E-state index is 0.0500. The van der Waals surface area contributed by atoms with Crippen molar-refractivity contribution in [3.63, 3.8) is 0 Å². The zero-order chi connectivity index (χ0) is 16.2. The highest BCUT2D eigenvalue weighted by Gasteiger charge is 2.41. The molecule has 3 aliphatic rings. The van der Waals surface area contributed by atoms with E-state index in [0.29, 0.717) is 23.8 Å². The molecule has 3 rings (SSSR count). The molecule has 4 nitrogen and oxygen atoms in total. The van der Waals surface area contributed by atoms with E-state index in [4.69, 9.17) is 0 Å². The van der Waals surface area contributed by atoms with Crippen LogP contribution in [0.4, 0.5) is 0 Å². The van der Waals surface area contributed by atoms with Crippen LogP contribution in [0.2, 0.25) is 0 Å². The monoisotopic (exact) mass is 322 g/mol. The Morgan fingerprint density at radius 1 is 1.17 bits per heavy atom. The Morgan fingerprint density at radius 2 is 1.96 bits per heavy atom. The molecule has 4 heteroatoms. The van der Waals surface area contributed by atoms with E-state index in [1.54, 1.807) is 0 Å². The number of carbonyl (C=O) groups excluding carboxylic acids is 1. The topological polar surface area (TPSA) is 61.4 Å². The molecular formula is C19H34N2O2. The molecule has 2 saturated carbocycles. The lowest BCUT2D eigenvalue weighted by atomic mass is 9.78. The third kappa shape index (κ3) is 4.27. The molecule has 132 valence electrons. The lowest BCUT2D eigenvalue weighted by Crippen LogP contribution is -2.49. The van der Waals surface area contributed by atoms with E-state index < -0.39 is 0 Å². The van der Waals surface area contributed by atoms with Crippen molar-refractivity contribution >= 4 is 5.91 Å². The van der Waals surface area contributed by atoms with Gasteiger partial charge in [-0.1, -0.05) is 45.4 Å². The first-order chi connectivity index (χ1) is 11.2. The van der Waals surface area contributed by atoms with Crippen molar-refractivity contribution < 1.29 is 9.90 Å². The molecule has 4 unspecified atom stereocenters. The second-order valence-corrected chi connectivity index (χ2v) is 8.28. The number of rotatable bonds is 5. The predicted molar refractivity (Wildman–Crippen MR) is 92.0 cm³/mol. The van der Waals surface area contributed by atoms with E-state index in [0.717, 1.165) is 12.8 Å². The maximum absolute atomic E-state index is 12.6. The largest absolute Gasteiger partial charge is 0.394 e. The summed E-state index contributed by atoms with van der Waals surface area (Å²) in [6.07, 6.45) is 12.2. The first-order valence-electron chi connectivity index (χ1n) is 9.84. The molecule has 2 aliphatic carbocycles. The lowest BCUT2D eigenvalue weighted by molar-refractivity contribution is -0.124. The summed E-state index contributed by atoms with van der Waals surface area (Å²) >= 11 is 0. The van der Waals surface area contributed by atoms with Crippen LogP contribution in [-0.2, 0) is 4.79 Å². The van der Waals surface area contributed by atoms with Gasteiger partial charge in [-0.25, -0.2) is 0 Å². The van der Waals surface area contributed by atoms with Crippen LogP contribution >= 0.6 is 0 Å². The quantitative estimate of drug-likeness (QED) is 0.729. The number of carbonyl (C=O) groups is 1. The van der Waals surface area contributed by atoms with Gasteiger partial charge in [0.25, 0.3) is 0 Å². The number of fused-ring (bicyclic) bond motifs is 1. The van der Waals surface area contributed by atoms with Crippen molar-refractivity contribution in [3.8, 4) is 0 Å². The molecule has 0 spiro atoms. The Balaban J connectivity index is 1.49. The highest BCUT2D eigenvalue weighted by Crippen LogP contribution is 2.36. The Labute approximate surface area is 140 Å². The number of hydrogen-bond acceptors (Lipinski definition) is 3. The summed E-state index contributed by atoms with van der Waals surface area (Å²) in [5.74, 6) is 2.14. The van der Waals surface area contributed by atoms with Gasteiger partial charge in [-0.3, -0.25) is 4.79 Å². The van der Waals surface area contributed by atoms with Gasteiger partial charge in [0, 0.05) is 6.04 Å². The van der Waals surface area contributed by atoms with Crippen LogP contribution < -0.4 is 10.6 Å². The summed E-state index contributed by atoms with van der Waals surface area (Å²) in [6, 6.07) is 0.406. The van der Waals surface area contributed by atoms with E-state index in [9.17, 15) is 9.90 Å². The summed E-state index contributed by atoms with van der Waals surface area (Å²) in [5, 5.41) is 16.4. The molecule has 0 aromatic heterocycles. The van der Waals surface area contributed by atoms with Crippen LogP contribution in [0.15, 0.2) is 0 Å². The van der Waals surface area contributed by atoms with Crippen LogP contribution in [0, 0.1) is 17.8 Å². The average molecular weight is 322 g/mol. The van der Waals surface area contributed by atoms with Gasteiger partial charge in [-0.15, -0.1) is 0 Å². The maximum Gasteiger partial charge on any atom is 0.237 e. The molecule has 0 aromatic rings. The normalized spacial score (nSPS) is 36.4. The average Bonchev–Trinajstić information content (AvgIpc) is 3.01. The van der Waals surface area contributed by atoms with Gasteiger partial charge >= 0.3 is 0 Å². The Kier molecular flexibility index (Phi) is 5.97. The second-order valence-electron chi connectivity index (χ2n) is 8.28. The van der Waals surface area contributed by atoms with Crippen LogP contribution in [0.5, 0.6) is 0 Å². The first-order valence-corrected chi connectivity index (χ1v) is 9.84. The molecule has 3 fully saturated rings. The van der Waals surface area contributed by atoms with Gasteiger partial charge in [0.2, 0.25) is 5.91 Å². The predicted octanol–water partition coefficient (Wildman–Crippen LogP) is 2.60. The molecule has 1 heterocycles. The fraction of sp³-hybridized carbons (Fsp3) is 0.947. The van der Waals surface area contributed by atoms with Gasteiger partial charge in [-0.2, -0.15) is 0 Å². The van der Waals surface area contributed by atoms with E-state index in [2.05, 4.69) is 17.6 Å². The molecule has 0 bridgehead atoms. The minimum Gasteiger partial charge on any atom is -0.394 e. The van der Waals surface area contributed by atoms with Gasteiger partial charge in [0.15, 0.2) is 0 Å². The number of nitrogens with one attached hydrogen (secondary N) is 2. The summed E-state index contributed by atoms with van der Waals surface area (Å²) in [5.41, 5.74) is 0. The number of hydrogen-bond donors (Lipinski definition) is 3. The molecule has 1 saturated heterocycles. The van der Waals surface area contributed by atoms with Crippen LogP contribution in [-0.4, -0.2) is 35.7 Å². The van der Waals surface area contributed by atoms with Crippen molar-refractivity contribution in [2.24, 2.45) is 17.8 Å². The van der Waals surface area contributed by atoms with Crippen LogP contribution in [0.3, 0.4) is 0 Å². The Hall–Kier alpha value is -0.610. The van der Waals surface area contributed by atoms with Gasteiger partial charge < -0.3 is 15.7 Å². The first kappa shape index (κ1) is 17.2. The van der Waals surface area contributed by atoms with Gasteiger partial charge in [0.1, 0.15) is 0 Å². The summed E-state index contributed by atoms with van der Waals surface area (Å²) < 4.78 is 0. The molecule has 5 atom stereocenters. The maximum atomic E-state index is 12.6. The summed E-state index contributed by atoms with van der Waals surface area (Å²) in [6.45, 7) is 2.38. The molecule has 1 aliphatic heterocycles. The minimum atomic E-state index is -0.0625. The van der Waals surface area contributed by atoms with E-state index in [-0.39, 0.29) is 24.6 Å². The Bertz CT molecular complexity index is 395. The van der Waals surface area contributed by atoms with Crippen molar-refractivity contribution in [2.45, 2.75) is 89.3 Å². The standard InChI is InChI=1S/C19H34N2O2/c1-13-6-5-9-15-11-17(21-18(13)15)19(23)20-16(12-22)10-14-7-3-2-4-8-14/h13-18,21-22H,2-12H2,1H3,(H,20,23)/t13?,15?,16-,17?,18?/m1/s1. The third-order valence-corrected chi connectivity index (χ3v) is 6.51. The van der Waals surface area contributed by atoms with E-state index in [1.807, 2.05) is 0 Å². The second kappa shape index (κ2) is 7.98. The molecule has 1 amide bonds. The molecule has 3 N–H and O–H groups in total. The molecule has 0 radical (unpaired) electrons. The SMILES string of the molecule is CC1CCCC2CC(C(=O)N[C@@H](CO)CC3CCCCC3)NC12. The highest BCUT2D eigenvalue weighted by atomic mass is 16.3. The zero-order valence-electron chi connectivity index (χ0n) is 14.6. The smallest absolute Gasteiger partial charge is 0.237 e. The van der Waals surface area contributed by atoms with Gasteiger partial charge in [-0.05, 0) is 43.4 Å². The van der Waals surface area contributed by atoms with Crippen LogP contribution in [0.1, 0.15) is 71.1 Å². The van der Waals surface area contributed by atoms with Crippen molar-refractivity contribution in [2.75, 3.05) is 6.61 Å². The molecular weight excluding hydrogens is 288 g/mol. The number of aliphatic hydroxyl groups excluding tert-OH is 1. The third-order valence-electron chi connectivity index (χ3n) is 6.51. The highest BCUT2D eigenvalue weighted by molar-refractivity contribution is 5.82. The fourth-order valence-electron chi connectivity index (χ4n) is 5.18. The van der Waals surface area contributed by atoms with Gasteiger partial charge in [0.05, 0.1) is 18.7 Å². The zero-order valence-corrected chi connectivity index (χ0v) is 14.6. The fourth-order valence-corrected chi connectivity index (χ4v) is 5.18.